The van der Waals surface area contributed by atoms with Gasteiger partial charge in [-0.2, -0.15) is 0 Å². The first-order chi connectivity index (χ1) is 14.4. The van der Waals surface area contributed by atoms with Crippen LogP contribution in [0.5, 0.6) is 0 Å². The van der Waals surface area contributed by atoms with Gasteiger partial charge in [0.25, 0.3) is 0 Å². The molecule has 0 aromatic heterocycles. The number of aliphatic hydroxyl groups excluding tert-OH is 1. The van der Waals surface area contributed by atoms with Crippen molar-refractivity contribution in [2.45, 2.75) is 70.8 Å². The van der Waals surface area contributed by atoms with Crippen molar-refractivity contribution in [1.82, 2.24) is 0 Å². The highest BCUT2D eigenvalue weighted by Crippen LogP contribution is 2.71. The van der Waals surface area contributed by atoms with E-state index in [9.17, 15) is 19.5 Å². The second-order valence-corrected chi connectivity index (χ2v) is 11.0. The number of fused-ring (bicyclic) bond motifs is 5. The molecule has 0 aromatic carbocycles. The third kappa shape index (κ3) is 2.62. The van der Waals surface area contributed by atoms with Crippen LogP contribution in [-0.4, -0.2) is 45.6 Å². The van der Waals surface area contributed by atoms with Gasteiger partial charge in [0.05, 0.1) is 6.10 Å². The number of rotatable bonds is 2. The molecule has 170 valence electrons. The van der Waals surface area contributed by atoms with Crippen molar-refractivity contribution in [2.75, 3.05) is 6.26 Å². The normalized spacial score (nSPS) is 48.4. The second-order valence-electron chi connectivity index (χ2n) is 10.2. The van der Waals surface area contributed by atoms with E-state index in [4.69, 9.17) is 4.74 Å². The number of aliphatic hydroxyl groups is 1. The Morgan fingerprint density at radius 3 is 2.58 bits per heavy atom. The number of esters is 1. The zero-order chi connectivity index (χ0) is 23.0. The maximum atomic E-state index is 17.1. The molecule has 4 rings (SSSR count). The molecular formula is C24H31FO5S. The average molecular weight is 451 g/mol. The Balaban J connectivity index is 1.86. The molecule has 0 spiro atoms. The van der Waals surface area contributed by atoms with Crippen molar-refractivity contribution in [3.8, 4) is 0 Å². The highest BCUT2D eigenvalue weighted by molar-refractivity contribution is 8.13. The second kappa shape index (κ2) is 7.01. The molecule has 0 heterocycles. The lowest BCUT2D eigenvalue weighted by molar-refractivity contribution is -0.224. The minimum atomic E-state index is -1.97. The lowest BCUT2D eigenvalue weighted by Crippen LogP contribution is -2.69. The molecule has 4 unspecified atom stereocenters. The summed E-state index contributed by atoms with van der Waals surface area (Å²) in [6.07, 6.45) is 6.42. The fourth-order valence-corrected chi connectivity index (χ4v) is 8.38. The van der Waals surface area contributed by atoms with Crippen molar-refractivity contribution in [2.24, 2.45) is 28.6 Å². The van der Waals surface area contributed by atoms with Crippen LogP contribution in [0.3, 0.4) is 0 Å². The summed E-state index contributed by atoms with van der Waals surface area (Å²) in [5.41, 5.74) is -4.61. The molecule has 3 fully saturated rings. The van der Waals surface area contributed by atoms with E-state index in [0.29, 0.717) is 19.3 Å². The van der Waals surface area contributed by atoms with E-state index >= 15 is 4.39 Å². The summed E-state index contributed by atoms with van der Waals surface area (Å²) in [4.78, 5) is 37.3. The smallest absolute Gasteiger partial charge is 0.303 e. The SMILES string of the molecule is CSC(=O)[C@@]1(OC(C)=O)C(C)CC2C3CCC4=CC(=O)C=C[C@]4(C)[C@@]3(F)C(O)C[C@@]21C. The van der Waals surface area contributed by atoms with Gasteiger partial charge in [-0.25, -0.2) is 4.39 Å². The van der Waals surface area contributed by atoms with Crippen molar-refractivity contribution in [3.63, 3.8) is 0 Å². The van der Waals surface area contributed by atoms with Gasteiger partial charge in [-0.3, -0.25) is 14.4 Å². The van der Waals surface area contributed by atoms with Crippen LogP contribution in [-0.2, 0) is 19.1 Å². The number of allylic oxidation sites excluding steroid dienone is 4. The third-order valence-electron chi connectivity index (χ3n) is 8.97. The first-order valence-electron chi connectivity index (χ1n) is 11.0. The standard InChI is InChI=1S/C24H31FO5S/c1-13-10-18-17-7-6-15-11-16(27)8-9-21(15,3)23(17,25)19(28)12-22(18,4)24(13,20(29)31-5)30-14(2)26/h8-9,11,13,17-19,28H,6-7,10,12H2,1-5H3/t13?,17?,18?,19?,21-,22-,23-,24-/m0/s1. The zero-order valence-corrected chi connectivity index (χ0v) is 19.6. The maximum Gasteiger partial charge on any atom is 0.303 e. The molecule has 0 aromatic rings. The van der Waals surface area contributed by atoms with Crippen molar-refractivity contribution in [3.05, 3.63) is 23.8 Å². The molecule has 0 bridgehead atoms. The molecule has 0 aliphatic heterocycles. The summed E-state index contributed by atoms with van der Waals surface area (Å²) >= 11 is 1.02. The fourth-order valence-electron chi connectivity index (χ4n) is 7.60. The number of carbonyl (C=O) groups is 3. The van der Waals surface area contributed by atoms with Gasteiger partial charge in [-0.15, -0.1) is 0 Å². The number of carbonyl (C=O) groups excluding carboxylic acids is 3. The molecule has 4 aliphatic carbocycles. The Bertz CT molecular complexity index is 914. The number of ketones is 1. The van der Waals surface area contributed by atoms with Gasteiger partial charge in [-0.1, -0.05) is 37.3 Å². The summed E-state index contributed by atoms with van der Waals surface area (Å²) in [5, 5.41) is 11.1. The fraction of sp³-hybridized carbons (Fsp3) is 0.708. The topological polar surface area (TPSA) is 80.7 Å². The first-order valence-corrected chi connectivity index (χ1v) is 12.2. The van der Waals surface area contributed by atoms with Crippen LogP contribution in [0.2, 0.25) is 0 Å². The predicted octanol–water partition coefficient (Wildman–Crippen LogP) is 3.79. The van der Waals surface area contributed by atoms with Crippen LogP contribution in [0.1, 0.15) is 53.4 Å². The monoisotopic (exact) mass is 450 g/mol. The Hall–Kier alpha value is -1.47. The largest absolute Gasteiger partial charge is 0.449 e. The van der Waals surface area contributed by atoms with Crippen LogP contribution < -0.4 is 0 Å². The highest BCUT2D eigenvalue weighted by Gasteiger charge is 2.77. The van der Waals surface area contributed by atoms with Crippen LogP contribution in [0, 0.1) is 28.6 Å². The Labute approximate surface area is 186 Å². The number of thioether (sulfide) groups is 1. The van der Waals surface area contributed by atoms with Gasteiger partial charge in [0.1, 0.15) is 0 Å². The first kappa shape index (κ1) is 22.7. The van der Waals surface area contributed by atoms with Gasteiger partial charge in [0.15, 0.2) is 17.1 Å². The lowest BCUT2D eigenvalue weighted by Gasteiger charge is -2.62. The van der Waals surface area contributed by atoms with E-state index in [2.05, 4.69) is 0 Å². The Morgan fingerprint density at radius 2 is 1.97 bits per heavy atom. The Morgan fingerprint density at radius 1 is 1.29 bits per heavy atom. The number of hydrogen-bond donors (Lipinski definition) is 1. The molecule has 4 aliphatic rings. The van der Waals surface area contributed by atoms with Crippen molar-refractivity contribution < 1.29 is 28.6 Å². The Kier molecular flexibility index (Phi) is 5.14. The number of ether oxygens (including phenoxy) is 1. The van der Waals surface area contributed by atoms with Crippen molar-refractivity contribution >= 4 is 28.6 Å². The molecular weight excluding hydrogens is 419 g/mol. The van der Waals surface area contributed by atoms with Crippen molar-refractivity contribution in [1.29, 1.82) is 0 Å². The molecule has 0 saturated heterocycles. The summed E-state index contributed by atoms with van der Waals surface area (Å²) in [7, 11) is 0. The quantitative estimate of drug-likeness (QED) is 0.645. The van der Waals surface area contributed by atoms with Gasteiger partial charge in [0, 0.05) is 29.6 Å². The summed E-state index contributed by atoms with van der Waals surface area (Å²) in [6.45, 7) is 6.83. The predicted molar refractivity (Wildman–Crippen MR) is 116 cm³/mol. The van der Waals surface area contributed by atoms with E-state index < -0.39 is 40.1 Å². The summed E-state index contributed by atoms with van der Waals surface area (Å²) in [5.74, 6) is -1.75. The van der Waals surface area contributed by atoms with E-state index in [0.717, 1.165) is 17.3 Å². The maximum absolute atomic E-state index is 17.1. The van der Waals surface area contributed by atoms with E-state index in [1.807, 2.05) is 13.8 Å². The van der Waals surface area contributed by atoms with Crippen LogP contribution >= 0.6 is 11.8 Å². The van der Waals surface area contributed by atoms with Gasteiger partial charge >= 0.3 is 5.97 Å². The number of halogens is 1. The van der Waals surface area contributed by atoms with Crippen LogP contribution in [0.15, 0.2) is 23.8 Å². The molecule has 7 heteroatoms. The summed E-state index contributed by atoms with van der Waals surface area (Å²) < 4.78 is 23.0. The molecule has 0 radical (unpaired) electrons. The summed E-state index contributed by atoms with van der Waals surface area (Å²) in [6, 6.07) is 0. The van der Waals surface area contributed by atoms with E-state index in [-0.39, 0.29) is 29.2 Å². The molecule has 0 amide bonds. The lowest BCUT2D eigenvalue weighted by atomic mass is 9.45. The molecule has 5 nitrogen and oxygen atoms in total. The highest BCUT2D eigenvalue weighted by atomic mass is 32.2. The molecule has 1 N–H and O–H groups in total. The van der Waals surface area contributed by atoms with Crippen LogP contribution in [0.4, 0.5) is 4.39 Å². The zero-order valence-electron chi connectivity index (χ0n) is 18.7. The molecule has 8 atom stereocenters. The van der Waals surface area contributed by atoms with Gasteiger partial charge < -0.3 is 9.84 Å². The average Bonchev–Trinajstić information content (AvgIpc) is 2.90. The van der Waals surface area contributed by atoms with Gasteiger partial charge in [0.2, 0.25) is 5.12 Å². The number of hydrogen-bond acceptors (Lipinski definition) is 6. The molecule has 31 heavy (non-hydrogen) atoms. The molecule has 3 saturated carbocycles. The van der Waals surface area contributed by atoms with E-state index in [1.165, 1.54) is 19.1 Å². The van der Waals surface area contributed by atoms with E-state index in [1.54, 1.807) is 19.3 Å². The van der Waals surface area contributed by atoms with Gasteiger partial charge in [-0.05, 0) is 56.9 Å². The number of alkyl halides is 1. The third-order valence-corrected chi connectivity index (χ3v) is 9.65. The minimum absolute atomic E-state index is 0.0131. The minimum Gasteiger partial charge on any atom is -0.449 e. The van der Waals surface area contributed by atoms with Crippen LogP contribution in [0.25, 0.3) is 0 Å².